The molecule has 6 atom stereocenters. The molecule has 15 heteroatoms. The van der Waals surface area contributed by atoms with Gasteiger partial charge in [0.15, 0.2) is 11.9 Å². The monoisotopic (exact) mass is 537 g/mol. The summed E-state index contributed by atoms with van der Waals surface area (Å²) in [6, 6.07) is 8.53. The van der Waals surface area contributed by atoms with E-state index in [9.17, 15) is 24.4 Å². The summed E-state index contributed by atoms with van der Waals surface area (Å²) < 4.78 is 36.6. The molecule has 6 N–H and O–H groups in total. The lowest BCUT2D eigenvalue weighted by molar-refractivity contribution is -0.142. The van der Waals surface area contributed by atoms with E-state index >= 15 is 0 Å². The lowest BCUT2D eigenvalue weighted by Gasteiger charge is -2.27. The van der Waals surface area contributed by atoms with Gasteiger partial charge in [0, 0.05) is 6.20 Å². The Morgan fingerprint density at radius 1 is 1.38 bits per heavy atom. The van der Waals surface area contributed by atoms with E-state index in [0.29, 0.717) is 0 Å². The molecule has 0 bridgehead atoms. The summed E-state index contributed by atoms with van der Waals surface area (Å²) in [6.45, 7) is 2.24. The third-order valence-corrected chi connectivity index (χ3v) is 7.53. The van der Waals surface area contributed by atoms with Crippen LogP contribution in [-0.4, -0.2) is 68.3 Å². The molecule has 0 saturated carbocycles. The highest BCUT2D eigenvalue weighted by Crippen LogP contribution is 2.47. The van der Waals surface area contributed by atoms with Gasteiger partial charge in [-0.1, -0.05) is 18.2 Å². The number of aliphatic hydroxyl groups is 2. The minimum Gasteiger partial charge on any atom is -0.468 e. The Hall–Kier alpha value is -3.26. The largest absolute Gasteiger partial charge is 0.468 e. The quantitative estimate of drug-likeness (QED) is 0.189. The van der Waals surface area contributed by atoms with Gasteiger partial charge in [-0.3, -0.25) is 19.1 Å². The van der Waals surface area contributed by atoms with Crippen molar-refractivity contribution in [2.45, 2.75) is 43.9 Å². The molecule has 3 heterocycles. The highest BCUT2D eigenvalue weighted by Gasteiger charge is 2.54. The highest BCUT2D eigenvalue weighted by molar-refractivity contribution is 7.52. The molecule has 200 valence electrons. The molecular formula is C22H28N5O9P. The van der Waals surface area contributed by atoms with Crippen molar-refractivity contribution in [1.29, 1.82) is 0 Å². The topological polar surface area (TPSA) is 200 Å². The van der Waals surface area contributed by atoms with Gasteiger partial charge < -0.3 is 34.5 Å². The first-order chi connectivity index (χ1) is 17.4. The van der Waals surface area contributed by atoms with Crippen LogP contribution >= 0.6 is 7.75 Å². The molecule has 1 aliphatic rings. The third kappa shape index (κ3) is 5.39. The van der Waals surface area contributed by atoms with Gasteiger partial charge in [0.2, 0.25) is 5.95 Å². The number of aromatic nitrogens is 3. The second-order valence-corrected chi connectivity index (χ2v) is 10.4. The minimum absolute atomic E-state index is 0.131. The van der Waals surface area contributed by atoms with Crippen LogP contribution in [0, 0.1) is 0 Å². The first-order valence-electron chi connectivity index (χ1n) is 11.2. The molecule has 0 radical (unpaired) electrons. The summed E-state index contributed by atoms with van der Waals surface area (Å²) in [4.78, 5) is 30.6. The average Bonchev–Trinajstić information content (AvgIpc) is 3.36. The van der Waals surface area contributed by atoms with Crippen LogP contribution in [-0.2, 0) is 23.4 Å². The number of nitrogen functional groups attached to an aromatic ring is 1. The molecule has 2 aromatic heterocycles. The zero-order chi connectivity index (χ0) is 27.0. The Labute approximate surface area is 210 Å². The number of ether oxygens (including phenoxy) is 2. The van der Waals surface area contributed by atoms with Gasteiger partial charge in [-0.05, 0) is 32.0 Å². The number of H-pyrrole nitrogens is 1. The summed E-state index contributed by atoms with van der Waals surface area (Å²) in [6.07, 6.45) is -2.46. The Morgan fingerprint density at radius 3 is 2.76 bits per heavy atom. The van der Waals surface area contributed by atoms with E-state index in [2.05, 4.69) is 19.8 Å². The van der Waals surface area contributed by atoms with E-state index in [4.69, 9.17) is 19.5 Å². The number of esters is 1. The number of nitrogens with two attached hydrogens (primary N) is 1. The van der Waals surface area contributed by atoms with Crippen LogP contribution in [0.15, 0.2) is 47.4 Å². The predicted octanol–water partition coefficient (Wildman–Crippen LogP) is 0.671. The van der Waals surface area contributed by atoms with Crippen LogP contribution < -0.4 is 20.9 Å². The Morgan fingerprint density at radius 2 is 2.08 bits per heavy atom. The Kier molecular flexibility index (Phi) is 7.42. The maximum absolute atomic E-state index is 13.6. The van der Waals surface area contributed by atoms with Gasteiger partial charge >= 0.3 is 13.7 Å². The SMILES string of the molecule is COC(=O)C(C)NP(=O)(OCC1OC(n2ccc3c(=O)[nH]c(N)nc32)C(C)(O)C1O)Oc1ccccc1. The Balaban J connectivity index is 1.57. The molecule has 1 fully saturated rings. The molecule has 0 spiro atoms. The molecular weight excluding hydrogens is 509 g/mol. The van der Waals surface area contributed by atoms with Crippen LogP contribution in [0.4, 0.5) is 5.95 Å². The number of methoxy groups -OCH3 is 1. The van der Waals surface area contributed by atoms with Crippen LogP contribution in [0.1, 0.15) is 20.1 Å². The number of anilines is 1. The number of rotatable bonds is 9. The van der Waals surface area contributed by atoms with Gasteiger partial charge in [-0.15, -0.1) is 0 Å². The van der Waals surface area contributed by atoms with Crippen LogP contribution in [0.3, 0.4) is 0 Å². The van der Waals surface area contributed by atoms with Crippen LogP contribution in [0.5, 0.6) is 5.75 Å². The van der Waals surface area contributed by atoms with Gasteiger partial charge in [0.05, 0.1) is 19.1 Å². The number of para-hydroxylation sites is 1. The highest BCUT2D eigenvalue weighted by atomic mass is 31.2. The van der Waals surface area contributed by atoms with E-state index in [1.807, 2.05) is 0 Å². The number of hydrogen-bond acceptors (Lipinski definition) is 11. The summed E-state index contributed by atoms with van der Waals surface area (Å²) in [5.74, 6) is -0.650. The molecule has 0 aliphatic carbocycles. The summed E-state index contributed by atoms with van der Waals surface area (Å²) >= 11 is 0. The summed E-state index contributed by atoms with van der Waals surface area (Å²) in [5.41, 5.74) is 3.44. The van der Waals surface area contributed by atoms with E-state index in [1.54, 1.807) is 30.3 Å². The molecule has 1 saturated heterocycles. The number of carbonyl (C=O) groups is 1. The zero-order valence-corrected chi connectivity index (χ0v) is 21.1. The maximum Gasteiger partial charge on any atom is 0.459 e. The van der Waals surface area contributed by atoms with Gasteiger partial charge in [-0.2, -0.15) is 10.1 Å². The number of nitrogens with zero attached hydrogens (tertiary/aromatic N) is 2. The molecule has 3 aromatic rings. The number of aliphatic hydroxyl groups excluding tert-OH is 1. The Bertz CT molecular complexity index is 1380. The van der Waals surface area contributed by atoms with Crippen molar-refractivity contribution in [1.82, 2.24) is 19.6 Å². The first-order valence-corrected chi connectivity index (χ1v) is 12.8. The number of nitrogens with one attached hydrogen (secondary N) is 2. The number of benzene rings is 1. The smallest absolute Gasteiger partial charge is 0.459 e. The second-order valence-electron chi connectivity index (χ2n) is 8.68. The summed E-state index contributed by atoms with van der Waals surface area (Å²) in [7, 11) is -3.04. The van der Waals surface area contributed by atoms with E-state index in [-0.39, 0.29) is 22.7 Å². The molecule has 0 amide bonds. The van der Waals surface area contributed by atoms with E-state index < -0.39 is 56.0 Å². The number of aromatic amines is 1. The van der Waals surface area contributed by atoms with E-state index in [1.165, 1.54) is 37.8 Å². The average molecular weight is 537 g/mol. The van der Waals surface area contributed by atoms with Crippen molar-refractivity contribution in [3.8, 4) is 5.75 Å². The number of hydrogen-bond donors (Lipinski definition) is 5. The third-order valence-electron chi connectivity index (χ3n) is 5.89. The lowest BCUT2D eigenvalue weighted by atomic mass is 9.96. The van der Waals surface area contributed by atoms with Crippen molar-refractivity contribution in [3.05, 3.63) is 52.9 Å². The molecule has 1 aromatic carbocycles. The van der Waals surface area contributed by atoms with Crippen LogP contribution in [0.2, 0.25) is 0 Å². The van der Waals surface area contributed by atoms with E-state index in [0.717, 1.165) is 0 Å². The molecule has 4 rings (SSSR count). The minimum atomic E-state index is -4.22. The van der Waals surface area contributed by atoms with Crippen molar-refractivity contribution < 1.29 is 38.1 Å². The van der Waals surface area contributed by atoms with Crippen molar-refractivity contribution >= 4 is 30.7 Å². The molecule has 37 heavy (non-hydrogen) atoms. The van der Waals surface area contributed by atoms with Crippen molar-refractivity contribution in [2.24, 2.45) is 0 Å². The standard InChI is InChI=1S/C22H28N5O9P/c1-12(19(30)33-3)26-37(32,36-13-7-5-4-6-8-13)34-11-15-16(28)22(2,31)20(35-15)27-10-9-14-17(27)24-21(23)25-18(14)29/h4-10,12,15-16,20,28,31H,11H2,1-3H3,(H,26,32)(H3,23,24,25,29). The van der Waals surface area contributed by atoms with Crippen LogP contribution in [0.25, 0.3) is 11.0 Å². The first kappa shape index (κ1) is 26.8. The number of fused-ring (bicyclic) bond motifs is 1. The molecule has 1 aliphatic heterocycles. The van der Waals surface area contributed by atoms with Gasteiger partial charge in [0.1, 0.15) is 29.6 Å². The fraction of sp³-hybridized carbons (Fsp3) is 0.409. The van der Waals surface area contributed by atoms with Gasteiger partial charge in [-0.25, -0.2) is 4.57 Å². The zero-order valence-electron chi connectivity index (χ0n) is 20.2. The van der Waals surface area contributed by atoms with Crippen molar-refractivity contribution in [3.63, 3.8) is 0 Å². The number of carbonyl (C=O) groups excluding carboxylic acids is 1. The molecule has 6 unspecified atom stereocenters. The predicted molar refractivity (Wildman–Crippen MR) is 131 cm³/mol. The molecule has 14 nitrogen and oxygen atoms in total. The van der Waals surface area contributed by atoms with Gasteiger partial charge in [0.25, 0.3) is 5.56 Å². The maximum atomic E-state index is 13.6. The fourth-order valence-electron chi connectivity index (χ4n) is 3.98. The second kappa shape index (κ2) is 10.2. The fourth-order valence-corrected chi connectivity index (χ4v) is 5.48. The normalized spacial score (nSPS) is 26.0. The van der Waals surface area contributed by atoms with Crippen molar-refractivity contribution in [2.75, 3.05) is 19.5 Å². The lowest BCUT2D eigenvalue weighted by Crippen LogP contribution is -2.44. The summed E-state index contributed by atoms with van der Waals surface area (Å²) in [5, 5.41) is 24.7.